The fraction of sp³-hybridized carbons (Fsp3) is 0.700. The molecule has 0 unspecified atom stereocenters. The average molecular weight is 440 g/mol. The molecule has 0 saturated heterocycles. The molecule has 0 saturated carbocycles. The zero-order valence-electron chi connectivity index (χ0n) is 21.8. The van der Waals surface area contributed by atoms with Crippen LogP contribution in [0.5, 0.6) is 0 Å². The molecule has 1 aromatic heterocycles. The molecule has 0 amide bonds. The molecular weight excluding hydrogens is 388 g/mol. The SMILES string of the molecule is CCCCCCCCCCCCCCCCCCn1cc[n+](-c2c(C)cc(C)cc2C)c1. The predicted molar refractivity (Wildman–Crippen MR) is 140 cm³/mol. The van der Waals surface area contributed by atoms with Crippen LogP contribution in [0.1, 0.15) is 126 Å². The van der Waals surface area contributed by atoms with Crippen molar-refractivity contribution in [2.24, 2.45) is 0 Å². The van der Waals surface area contributed by atoms with E-state index in [1.54, 1.807) is 0 Å². The standard InChI is InChI=1S/C30H51N2/c1-5-6-7-8-9-10-11-12-13-14-15-16-17-18-19-20-21-31-22-23-32(26-31)30-28(3)24-27(2)25-29(30)4/h22-26H,5-21H2,1-4H3/q+1. The molecule has 0 radical (unpaired) electrons. The summed E-state index contributed by atoms with van der Waals surface area (Å²) >= 11 is 0. The summed E-state index contributed by atoms with van der Waals surface area (Å²) in [6, 6.07) is 4.56. The minimum Gasteiger partial charge on any atom is -0.236 e. The summed E-state index contributed by atoms with van der Waals surface area (Å²) in [5.74, 6) is 0. The van der Waals surface area contributed by atoms with Gasteiger partial charge in [0.05, 0.1) is 6.54 Å². The lowest BCUT2D eigenvalue weighted by atomic mass is 10.0. The Morgan fingerprint density at radius 3 is 1.53 bits per heavy atom. The van der Waals surface area contributed by atoms with Crippen LogP contribution in [0.2, 0.25) is 0 Å². The topological polar surface area (TPSA) is 8.81 Å². The van der Waals surface area contributed by atoms with Gasteiger partial charge in [0.25, 0.3) is 0 Å². The van der Waals surface area contributed by atoms with Gasteiger partial charge in [0.2, 0.25) is 6.33 Å². The molecule has 2 rings (SSSR count). The van der Waals surface area contributed by atoms with Gasteiger partial charge in [-0.1, -0.05) is 115 Å². The molecule has 1 heterocycles. The largest absolute Gasteiger partial charge is 0.248 e. The summed E-state index contributed by atoms with van der Waals surface area (Å²) in [4.78, 5) is 0. The Bertz CT molecular complexity index is 720. The van der Waals surface area contributed by atoms with E-state index in [1.807, 2.05) is 0 Å². The molecule has 2 aromatic rings. The summed E-state index contributed by atoms with van der Waals surface area (Å²) in [7, 11) is 0. The molecule has 0 aliphatic carbocycles. The number of unbranched alkanes of at least 4 members (excludes halogenated alkanes) is 15. The molecule has 1 aromatic carbocycles. The Labute approximate surface area is 199 Å². The number of hydrogen-bond acceptors (Lipinski definition) is 0. The predicted octanol–water partition coefficient (Wildman–Crippen LogP) is 8.95. The van der Waals surface area contributed by atoms with Crippen molar-refractivity contribution in [3.8, 4) is 5.69 Å². The Morgan fingerprint density at radius 1 is 0.625 bits per heavy atom. The molecule has 2 nitrogen and oxygen atoms in total. The van der Waals surface area contributed by atoms with E-state index in [2.05, 4.69) is 67.7 Å². The molecular formula is C30H51N2+. The third-order valence-corrected chi connectivity index (χ3v) is 6.85. The summed E-state index contributed by atoms with van der Waals surface area (Å²) in [5, 5.41) is 0. The van der Waals surface area contributed by atoms with Crippen LogP contribution in [0, 0.1) is 20.8 Å². The number of imidazole rings is 1. The number of hydrogen-bond donors (Lipinski definition) is 0. The van der Waals surface area contributed by atoms with Gasteiger partial charge in [-0.25, -0.2) is 9.13 Å². The van der Waals surface area contributed by atoms with Crippen molar-refractivity contribution in [1.29, 1.82) is 0 Å². The van der Waals surface area contributed by atoms with Crippen LogP contribution in [0.15, 0.2) is 30.9 Å². The fourth-order valence-electron chi connectivity index (χ4n) is 5.08. The highest BCUT2D eigenvalue weighted by molar-refractivity contribution is 5.43. The van der Waals surface area contributed by atoms with Crippen LogP contribution in [0.3, 0.4) is 0 Å². The van der Waals surface area contributed by atoms with E-state index in [0.717, 1.165) is 6.54 Å². The Kier molecular flexibility index (Phi) is 13.4. The van der Waals surface area contributed by atoms with Crippen molar-refractivity contribution in [3.63, 3.8) is 0 Å². The van der Waals surface area contributed by atoms with Gasteiger partial charge < -0.3 is 0 Å². The number of aryl methyl sites for hydroxylation is 4. The quantitative estimate of drug-likeness (QED) is 0.162. The third-order valence-electron chi connectivity index (χ3n) is 6.85. The summed E-state index contributed by atoms with van der Waals surface area (Å²) < 4.78 is 4.64. The van der Waals surface area contributed by atoms with E-state index in [-0.39, 0.29) is 0 Å². The van der Waals surface area contributed by atoms with Gasteiger partial charge in [-0.15, -0.1) is 0 Å². The van der Waals surface area contributed by atoms with Crippen LogP contribution in [-0.2, 0) is 6.54 Å². The first kappa shape index (κ1) is 26.7. The first-order valence-corrected chi connectivity index (χ1v) is 13.8. The summed E-state index contributed by atoms with van der Waals surface area (Å²) in [6.07, 6.45) is 29.5. The Morgan fingerprint density at radius 2 is 1.06 bits per heavy atom. The van der Waals surface area contributed by atoms with Crippen LogP contribution in [0.25, 0.3) is 5.69 Å². The fourth-order valence-corrected chi connectivity index (χ4v) is 5.08. The van der Waals surface area contributed by atoms with Crippen LogP contribution in [-0.4, -0.2) is 4.57 Å². The zero-order valence-corrected chi connectivity index (χ0v) is 21.8. The molecule has 0 aliphatic heterocycles. The van der Waals surface area contributed by atoms with Crippen LogP contribution < -0.4 is 4.57 Å². The first-order valence-electron chi connectivity index (χ1n) is 13.8. The monoisotopic (exact) mass is 439 g/mol. The number of aromatic nitrogens is 2. The maximum absolute atomic E-state index is 2.35. The maximum Gasteiger partial charge on any atom is 0.248 e. The van der Waals surface area contributed by atoms with Crippen LogP contribution >= 0.6 is 0 Å². The lowest BCUT2D eigenvalue weighted by molar-refractivity contribution is -0.596. The first-order chi connectivity index (χ1) is 15.6. The molecule has 32 heavy (non-hydrogen) atoms. The number of benzene rings is 1. The summed E-state index contributed by atoms with van der Waals surface area (Å²) in [6.45, 7) is 10.0. The zero-order chi connectivity index (χ0) is 23.0. The molecule has 0 fully saturated rings. The van der Waals surface area contributed by atoms with E-state index in [0.29, 0.717) is 0 Å². The van der Waals surface area contributed by atoms with Gasteiger partial charge >= 0.3 is 0 Å². The average Bonchev–Trinajstić information content (AvgIpc) is 3.21. The van der Waals surface area contributed by atoms with Crippen molar-refractivity contribution in [2.45, 2.75) is 137 Å². The van der Waals surface area contributed by atoms with Crippen molar-refractivity contribution >= 4 is 0 Å². The smallest absolute Gasteiger partial charge is 0.236 e. The number of nitrogens with zero attached hydrogens (tertiary/aromatic N) is 2. The number of rotatable bonds is 18. The maximum atomic E-state index is 2.35. The van der Waals surface area contributed by atoms with E-state index in [4.69, 9.17) is 0 Å². The van der Waals surface area contributed by atoms with E-state index in [9.17, 15) is 0 Å². The minimum atomic E-state index is 1.13. The Hall–Kier alpha value is -1.57. The van der Waals surface area contributed by atoms with Crippen molar-refractivity contribution in [1.82, 2.24) is 4.57 Å². The highest BCUT2D eigenvalue weighted by Gasteiger charge is 2.12. The molecule has 0 spiro atoms. The molecule has 0 aliphatic rings. The highest BCUT2D eigenvalue weighted by Crippen LogP contribution is 2.17. The second-order valence-corrected chi connectivity index (χ2v) is 10.1. The summed E-state index contributed by atoms with van der Waals surface area (Å²) in [5.41, 5.74) is 5.39. The van der Waals surface area contributed by atoms with E-state index >= 15 is 0 Å². The van der Waals surface area contributed by atoms with E-state index < -0.39 is 0 Å². The lowest BCUT2D eigenvalue weighted by Crippen LogP contribution is -2.30. The van der Waals surface area contributed by atoms with Crippen molar-refractivity contribution < 1.29 is 4.57 Å². The van der Waals surface area contributed by atoms with Gasteiger partial charge in [0, 0.05) is 0 Å². The van der Waals surface area contributed by atoms with Gasteiger partial charge in [-0.3, -0.25) is 0 Å². The molecule has 0 bridgehead atoms. The van der Waals surface area contributed by atoms with Gasteiger partial charge in [0.1, 0.15) is 18.1 Å². The van der Waals surface area contributed by atoms with Gasteiger partial charge in [-0.2, -0.15) is 0 Å². The van der Waals surface area contributed by atoms with E-state index in [1.165, 1.54) is 125 Å². The van der Waals surface area contributed by atoms with Crippen LogP contribution in [0.4, 0.5) is 0 Å². The molecule has 180 valence electrons. The second-order valence-electron chi connectivity index (χ2n) is 10.1. The second kappa shape index (κ2) is 16.1. The molecule has 2 heteroatoms. The Balaban J connectivity index is 1.45. The normalized spacial score (nSPS) is 11.4. The van der Waals surface area contributed by atoms with Gasteiger partial charge in [0.15, 0.2) is 0 Å². The minimum absolute atomic E-state index is 1.13. The third kappa shape index (κ3) is 10.4. The van der Waals surface area contributed by atoms with Crippen molar-refractivity contribution in [2.75, 3.05) is 0 Å². The molecule has 0 N–H and O–H groups in total. The van der Waals surface area contributed by atoms with Gasteiger partial charge in [-0.05, 0) is 44.7 Å². The molecule has 0 atom stereocenters. The van der Waals surface area contributed by atoms with Crippen molar-refractivity contribution in [3.05, 3.63) is 47.5 Å². The highest BCUT2D eigenvalue weighted by atomic mass is 15.1. The lowest BCUT2D eigenvalue weighted by Gasteiger charge is -2.07.